The Morgan fingerprint density at radius 1 is 1.16 bits per heavy atom. The summed E-state index contributed by atoms with van der Waals surface area (Å²) in [5.74, 6) is 0.395. The summed E-state index contributed by atoms with van der Waals surface area (Å²) < 4.78 is 10.9. The van der Waals surface area contributed by atoms with E-state index in [-0.39, 0.29) is 11.2 Å². The number of fused-ring (bicyclic) bond motifs is 1. The molecule has 0 fully saturated rings. The quantitative estimate of drug-likeness (QED) is 0.777. The largest absolute Gasteiger partial charge is 0.496 e. The van der Waals surface area contributed by atoms with E-state index in [1.807, 2.05) is 25.1 Å². The zero-order chi connectivity index (χ0) is 17.8. The van der Waals surface area contributed by atoms with Gasteiger partial charge in [-0.05, 0) is 37.1 Å². The van der Waals surface area contributed by atoms with E-state index >= 15 is 0 Å². The fourth-order valence-corrected chi connectivity index (χ4v) is 2.72. The minimum absolute atomic E-state index is 0.0138. The number of para-hydroxylation sites is 1. The number of aryl methyl sites for hydroxylation is 1. The molecule has 1 N–H and O–H groups in total. The number of ether oxygens (including phenoxy) is 1. The zero-order valence-corrected chi connectivity index (χ0v) is 14.2. The van der Waals surface area contributed by atoms with Crippen molar-refractivity contribution >= 4 is 16.9 Å². The van der Waals surface area contributed by atoms with Gasteiger partial charge in [-0.15, -0.1) is 0 Å². The molecule has 1 aromatic heterocycles. The number of benzene rings is 2. The van der Waals surface area contributed by atoms with E-state index in [0.29, 0.717) is 23.9 Å². The number of rotatable bonds is 5. The number of methoxy groups -OCH3 is 1. The molecule has 0 atom stereocenters. The van der Waals surface area contributed by atoms with Crippen LogP contribution in [0.3, 0.4) is 0 Å². The fraction of sp³-hybridized carbons (Fsp3) is 0.200. The van der Waals surface area contributed by atoms with Crippen LogP contribution in [0.25, 0.3) is 11.0 Å². The van der Waals surface area contributed by atoms with Crippen LogP contribution in [0.15, 0.2) is 57.7 Å². The average Bonchev–Trinajstić information content (AvgIpc) is 2.62. The van der Waals surface area contributed by atoms with Crippen molar-refractivity contribution in [2.75, 3.05) is 13.7 Å². The Balaban J connectivity index is 1.71. The second-order valence-electron chi connectivity index (χ2n) is 5.79. The monoisotopic (exact) mass is 337 g/mol. The van der Waals surface area contributed by atoms with Crippen molar-refractivity contribution in [3.8, 4) is 5.75 Å². The molecule has 0 spiro atoms. The maximum Gasteiger partial charge on any atom is 0.287 e. The number of hydrogen-bond acceptors (Lipinski definition) is 4. The number of carbonyl (C=O) groups is 1. The van der Waals surface area contributed by atoms with Crippen molar-refractivity contribution in [2.45, 2.75) is 13.3 Å². The third-order valence-corrected chi connectivity index (χ3v) is 3.97. The predicted octanol–water partition coefficient (Wildman–Crippen LogP) is 3.08. The lowest BCUT2D eigenvalue weighted by molar-refractivity contribution is 0.0927. The molecule has 5 heteroatoms. The normalized spacial score (nSPS) is 10.6. The van der Waals surface area contributed by atoms with Crippen LogP contribution in [0, 0.1) is 6.92 Å². The van der Waals surface area contributed by atoms with Crippen LogP contribution >= 0.6 is 0 Å². The Morgan fingerprint density at radius 2 is 1.96 bits per heavy atom. The Morgan fingerprint density at radius 3 is 2.76 bits per heavy atom. The molecule has 0 aliphatic rings. The first-order valence-electron chi connectivity index (χ1n) is 8.03. The smallest absolute Gasteiger partial charge is 0.287 e. The minimum Gasteiger partial charge on any atom is -0.496 e. The SMILES string of the molecule is COc1ccc(C)cc1CCNC(=O)c1cc(=O)c2ccccc2o1. The number of carbonyl (C=O) groups excluding carboxylic acids is 1. The third-order valence-electron chi connectivity index (χ3n) is 3.97. The highest BCUT2D eigenvalue weighted by atomic mass is 16.5. The van der Waals surface area contributed by atoms with Crippen LogP contribution in [0.4, 0.5) is 0 Å². The van der Waals surface area contributed by atoms with Gasteiger partial charge < -0.3 is 14.5 Å². The van der Waals surface area contributed by atoms with Crippen LogP contribution < -0.4 is 15.5 Å². The van der Waals surface area contributed by atoms with E-state index in [2.05, 4.69) is 5.32 Å². The van der Waals surface area contributed by atoms with Crippen LogP contribution in [-0.2, 0) is 6.42 Å². The van der Waals surface area contributed by atoms with Gasteiger partial charge in [-0.3, -0.25) is 9.59 Å². The summed E-state index contributed by atoms with van der Waals surface area (Å²) in [6, 6.07) is 14.0. The highest BCUT2D eigenvalue weighted by Crippen LogP contribution is 2.19. The molecule has 1 amide bonds. The summed E-state index contributed by atoms with van der Waals surface area (Å²) in [6.45, 7) is 2.42. The summed E-state index contributed by atoms with van der Waals surface area (Å²) in [7, 11) is 1.62. The first-order valence-corrected chi connectivity index (χ1v) is 8.03. The van der Waals surface area contributed by atoms with E-state index in [4.69, 9.17) is 9.15 Å². The second-order valence-corrected chi connectivity index (χ2v) is 5.79. The van der Waals surface area contributed by atoms with E-state index in [9.17, 15) is 9.59 Å². The zero-order valence-electron chi connectivity index (χ0n) is 14.2. The lowest BCUT2D eigenvalue weighted by Gasteiger charge is -2.10. The van der Waals surface area contributed by atoms with E-state index in [1.165, 1.54) is 6.07 Å². The molecule has 5 nitrogen and oxygen atoms in total. The Bertz CT molecular complexity index is 975. The standard InChI is InChI=1S/C20H19NO4/c1-13-7-8-17(24-2)14(11-13)9-10-21-20(23)19-12-16(22)15-5-3-4-6-18(15)25-19/h3-8,11-12H,9-10H2,1-2H3,(H,21,23). The molecule has 2 aromatic carbocycles. The highest BCUT2D eigenvalue weighted by Gasteiger charge is 2.12. The topological polar surface area (TPSA) is 68.5 Å². The molecule has 0 saturated carbocycles. The minimum atomic E-state index is -0.408. The average molecular weight is 337 g/mol. The van der Waals surface area contributed by atoms with Gasteiger partial charge in [-0.2, -0.15) is 0 Å². The van der Waals surface area contributed by atoms with E-state index < -0.39 is 5.91 Å². The summed E-state index contributed by atoms with van der Waals surface area (Å²) in [4.78, 5) is 24.3. The summed E-state index contributed by atoms with van der Waals surface area (Å²) >= 11 is 0. The lowest BCUT2D eigenvalue weighted by atomic mass is 10.1. The van der Waals surface area contributed by atoms with Gasteiger partial charge in [0.1, 0.15) is 11.3 Å². The Kier molecular flexibility index (Phi) is 4.84. The lowest BCUT2D eigenvalue weighted by Crippen LogP contribution is -2.26. The second kappa shape index (κ2) is 7.21. The highest BCUT2D eigenvalue weighted by molar-refractivity contribution is 5.93. The molecule has 0 aliphatic carbocycles. The van der Waals surface area contributed by atoms with Crippen LogP contribution in [0.1, 0.15) is 21.7 Å². The predicted molar refractivity (Wildman–Crippen MR) is 96.3 cm³/mol. The van der Waals surface area contributed by atoms with E-state index in [0.717, 1.165) is 16.9 Å². The first kappa shape index (κ1) is 16.8. The van der Waals surface area contributed by atoms with Crippen molar-refractivity contribution in [3.63, 3.8) is 0 Å². The van der Waals surface area contributed by atoms with Crippen molar-refractivity contribution in [3.05, 3.63) is 75.6 Å². The molecule has 25 heavy (non-hydrogen) atoms. The summed E-state index contributed by atoms with van der Waals surface area (Å²) in [5, 5.41) is 3.24. The molecular formula is C20H19NO4. The first-order chi connectivity index (χ1) is 12.1. The van der Waals surface area contributed by atoms with E-state index in [1.54, 1.807) is 31.4 Å². The van der Waals surface area contributed by atoms with Crippen LogP contribution in [-0.4, -0.2) is 19.6 Å². The molecule has 3 aromatic rings. The molecular weight excluding hydrogens is 318 g/mol. The van der Waals surface area contributed by atoms with Crippen molar-refractivity contribution in [1.29, 1.82) is 0 Å². The van der Waals surface area contributed by atoms with Crippen molar-refractivity contribution in [1.82, 2.24) is 5.32 Å². The third kappa shape index (κ3) is 3.71. The van der Waals surface area contributed by atoms with Gasteiger partial charge in [0.05, 0.1) is 12.5 Å². The molecule has 128 valence electrons. The maximum absolute atomic E-state index is 12.3. The summed E-state index contributed by atoms with van der Waals surface area (Å²) in [5.41, 5.74) is 2.32. The molecule has 0 bridgehead atoms. The van der Waals surface area contributed by atoms with Crippen molar-refractivity contribution < 1.29 is 13.9 Å². The van der Waals surface area contributed by atoms with Gasteiger partial charge in [-0.25, -0.2) is 0 Å². The molecule has 0 saturated heterocycles. The van der Waals surface area contributed by atoms with Gasteiger partial charge in [0, 0.05) is 12.6 Å². The van der Waals surface area contributed by atoms with Gasteiger partial charge in [0.15, 0.2) is 11.2 Å². The molecule has 0 radical (unpaired) electrons. The Labute approximate surface area is 145 Å². The molecule has 3 rings (SSSR count). The number of nitrogens with one attached hydrogen (secondary N) is 1. The van der Waals surface area contributed by atoms with Gasteiger partial charge >= 0.3 is 0 Å². The maximum atomic E-state index is 12.3. The number of hydrogen-bond donors (Lipinski definition) is 1. The van der Waals surface area contributed by atoms with Crippen molar-refractivity contribution in [2.24, 2.45) is 0 Å². The molecule has 0 aliphatic heterocycles. The van der Waals surface area contributed by atoms with Gasteiger partial charge in [0.2, 0.25) is 0 Å². The molecule has 0 unspecified atom stereocenters. The van der Waals surface area contributed by atoms with Gasteiger partial charge in [0.25, 0.3) is 5.91 Å². The summed E-state index contributed by atoms with van der Waals surface area (Å²) in [6.07, 6.45) is 0.619. The van der Waals surface area contributed by atoms with Crippen LogP contribution in [0.5, 0.6) is 5.75 Å². The molecule has 1 heterocycles. The Hall–Kier alpha value is -3.08. The fourth-order valence-electron chi connectivity index (χ4n) is 2.72. The van der Waals surface area contributed by atoms with Crippen LogP contribution in [0.2, 0.25) is 0 Å². The van der Waals surface area contributed by atoms with Gasteiger partial charge in [-0.1, -0.05) is 29.8 Å². The number of amides is 1.